The van der Waals surface area contributed by atoms with Gasteiger partial charge in [-0.1, -0.05) is 44.2 Å². The van der Waals surface area contributed by atoms with Crippen LogP contribution in [0.4, 0.5) is 0 Å². The van der Waals surface area contributed by atoms with Crippen LogP contribution in [0.5, 0.6) is 0 Å². The average Bonchev–Trinajstić information content (AvgIpc) is 2.54. The van der Waals surface area contributed by atoms with Gasteiger partial charge in [-0.2, -0.15) is 0 Å². The fourth-order valence-electron chi connectivity index (χ4n) is 2.81. The van der Waals surface area contributed by atoms with Gasteiger partial charge in [-0.15, -0.1) is 0 Å². The number of carbonyl (C=O) groups excluding carboxylic acids is 2. The molecule has 1 N–H and O–H groups in total. The molecule has 1 saturated heterocycles. The van der Waals surface area contributed by atoms with Crippen LogP contribution in [0.15, 0.2) is 30.3 Å². The van der Waals surface area contributed by atoms with Gasteiger partial charge in [0.15, 0.2) is 0 Å². The zero-order valence-electron chi connectivity index (χ0n) is 13.6. The second kappa shape index (κ2) is 7.40. The van der Waals surface area contributed by atoms with Gasteiger partial charge < -0.3 is 10.2 Å². The highest BCUT2D eigenvalue weighted by Crippen LogP contribution is 2.16. The lowest BCUT2D eigenvalue weighted by molar-refractivity contribution is -0.146. The van der Waals surface area contributed by atoms with E-state index in [9.17, 15) is 9.59 Å². The van der Waals surface area contributed by atoms with E-state index in [0.717, 1.165) is 13.1 Å². The molecule has 0 aliphatic carbocycles. The topological polar surface area (TPSA) is 52.7 Å². The highest BCUT2D eigenvalue weighted by molar-refractivity contribution is 5.88. The lowest BCUT2D eigenvalue weighted by atomic mass is 10.1. The summed E-state index contributed by atoms with van der Waals surface area (Å²) in [6, 6.07) is 9.79. The molecule has 5 nitrogen and oxygen atoms in total. The predicted molar refractivity (Wildman–Crippen MR) is 86.1 cm³/mol. The maximum absolute atomic E-state index is 12.3. The lowest BCUT2D eigenvalue weighted by Crippen LogP contribution is -2.60. The average molecular weight is 303 g/mol. The maximum Gasteiger partial charge on any atom is 0.243 e. The Morgan fingerprint density at radius 2 is 1.91 bits per heavy atom. The summed E-state index contributed by atoms with van der Waals surface area (Å²) >= 11 is 0. The third-order valence-electron chi connectivity index (χ3n) is 4.04. The standard InChI is InChI=1S/C17H25N3O2/c1-13(2)17(22)20-10-9-19(12-15(20)16(21)18-3)11-14-7-5-4-6-8-14/h4-8,13,15H,9-12H2,1-3H3,(H,18,21)/t15-/m1/s1. The summed E-state index contributed by atoms with van der Waals surface area (Å²) in [5.74, 6) is -0.132. The first-order valence-corrected chi connectivity index (χ1v) is 7.81. The molecule has 1 aromatic carbocycles. The van der Waals surface area contributed by atoms with Crippen LogP contribution in [0.3, 0.4) is 0 Å². The molecule has 0 spiro atoms. The van der Waals surface area contributed by atoms with Gasteiger partial charge in [0.05, 0.1) is 0 Å². The fourth-order valence-corrected chi connectivity index (χ4v) is 2.81. The Labute approximate surface area is 132 Å². The zero-order chi connectivity index (χ0) is 16.1. The van der Waals surface area contributed by atoms with E-state index < -0.39 is 6.04 Å². The first-order valence-electron chi connectivity index (χ1n) is 7.81. The van der Waals surface area contributed by atoms with E-state index in [1.807, 2.05) is 32.0 Å². The summed E-state index contributed by atoms with van der Waals surface area (Å²) in [5, 5.41) is 2.68. The highest BCUT2D eigenvalue weighted by atomic mass is 16.2. The van der Waals surface area contributed by atoms with E-state index in [0.29, 0.717) is 13.1 Å². The second-order valence-electron chi connectivity index (χ2n) is 6.04. The van der Waals surface area contributed by atoms with E-state index in [4.69, 9.17) is 0 Å². The van der Waals surface area contributed by atoms with Crippen molar-refractivity contribution in [2.75, 3.05) is 26.7 Å². The van der Waals surface area contributed by atoms with Crippen molar-refractivity contribution in [3.8, 4) is 0 Å². The fraction of sp³-hybridized carbons (Fsp3) is 0.529. The molecule has 0 aromatic heterocycles. The van der Waals surface area contributed by atoms with Crippen molar-refractivity contribution in [2.45, 2.75) is 26.4 Å². The largest absolute Gasteiger partial charge is 0.357 e. The van der Waals surface area contributed by atoms with Gasteiger partial charge in [-0.3, -0.25) is 14.5 Å². The molecule has 1 heterocycles. The summed E-state index contributed by atoms with van der Waals surface area (Å²) < 4.78 is 0. The van der Waals surface area contributed by atoms with Crippen molar-refractivity contribution in [3.05, 3.63) is 35.9 Å². The first-order chi connectivity index (χ1) is 10.5. The van der Waals surface area contributed by atoms with Gasteiger partial charge >= 0.3 is 0 Å². The van der Waals surface area contributed by atoms with E-state index in [1.54, 1.807) is 11.9 Å². The molecule has 22 heavy (non-hydrogen) atoms. The number of nitrogens with zero attached hydrogens (tertiary/aromatic N) is 2. The third kappa shape index (κ3) is 3.85. The molecule has 1 aromatic rings. The molecule has 1 atom stereocenters. The molecule has 2 amide bonds. The third-order valence-corrected chi connectivity index (χ3v) is 4.04. The van der Waals surface area contributed by atoms with Crippen LogP contribution in [0.2, 0.25) is 0 Å². The molecule has 0 bridgehead atoms. The number of amides is 2. The van der Waals surface area contributed by atoms with E-state index >= 15 is 0 Å². The molecular formula is C17H25N3O2. The van der Waals surface area contributed by atoms with Crippen molar-refractivity contribution < 1.29 is 9.59 Å². The number of likely N-dealkylation sites (N-methyl/N-ethyl adjacent to an activating group) is 1. The van der Waals surface area contributed by atoms with Gasteiger partial charge in [0.25, 0.3) is 0 Å². The summed E-state index contributed by atoms with van der Waals surface area (Å²) in [6.07, 6.45) is 0. The van der Waals surface area contributed by atoms with Crippen molar-refractivity contribution in [3.63, 3.8) is 0 Å². The summed E-state index contributed by atoms with van der Waals surface area (Å²) in [6.45, 7) is 6.52. The van der Waals surface area contributed by atoms with Crippen LogP contribution in [0, 0.1) is 5.92 Å². The lowest BCUT2D eigenvalue weighted by Gasteiger charge is -2.41. The van der Waals surface area contributed by atoms with Gasteiger partial charge in [0.1, 0.15) is 6.04 Å². The summed E-state index contributed by atoms with van der Waals surface area (Å²) in [5.41, 5.74) is 1.22. The van der Waals surface area contributed by atoms with Gasteiger partial charge in [-0.25, -0.2) is 0 Å². The zero-order valence-corrected chi connectivity index (χ0v) is 13.6. The van der Waals surface area contributed by atoms with E-state index in [-0.39, 0.29) is 17.7 Å². The molecule has 1 fully saturated rings. The van der Waals surface area contributed by atoms with Crippen LogP contribution < -0.4 is 5.32 Å². The van der Waals surface area contributed by atoms with Crippen LogP contribution in [0.25, 0.3) is 0 Å². The minimum atomic E-state index is -0.405. The Kier molecular flexibility index (Phi) is 5.55. The number of hydrogen-bond acceptors (Lipinski definition) is 3. The molecule has 0 saturated carbocycles. The number of carbonyl (C=O) groups is 2. The number of rotatable bonds is 4. The van der Waals surface area contributed by atoms with Gasteiger partial charge in [0.2, 0.25) is 11.8 Å². The quantitative estimate of drug-likeness (QED) is 0.906. The van der Waals surface area contributed by atoms with Crippen molar-refractivity contribution in [2.24, 2.45) is 5.92 Å². The molecule has 2 rings (SSSR count). The molecule has 120 valence electrons. The maximum atomic E-state index is 12.3. The Hall–Kier alpha value is -1.88. The molecule has 1 aliphatic heterocycles. The smallest absolute Gasteiger partial charge is 0.243 e. The number of nitrogens with one attached hydrogen (secondary N) is 1. The van der Waals surface area contributed by atoms with E-state index in [2.05, 4.69) is 22.3 Å². The SMILES string of the molecule is CNC(=O)[C@H]1CN(Cc2ccccc2)CCN1C(=O)C(C)C. The van der Waals surface area contributed by atoms with Gasteiger partial charge in [0, 0.05) is 39.1 Å². The molecule has 0 radical (unpaired) electrons. The Balaban J connectivity index is 2.08. The van der Waals surface area contributed by atoms with Crippen LogP contribution >= 0.6 is 0 Å². The summed E-state index contributed by atoms with van der Waals surface area (Å²) in [4.78, 5) is 28.5. The number of piperazine rings is 1. The van der Waals surface area contributed by atoms with Crippen LogP contribution in [0.1, 0.15) is 19.4 Å². The Morgan fingerprint density at radius 1 is 1.23 bits per heavy atom. The van der Waals surface area contributed by atoms with Crippen molar-refractivity contribution in [1.82, 2.24) is 15.1 Å². The van der Waals surface area contributed by atoms with Crippen molar-refractivity contribution >= 4 is 11.8 Å². The highest BCUT2D eigenvalue weighted by Gasteiger charge is 2.35. The van der Waals surface area contributed by atoms with Crippen LogP contribution in [-0.2, 0) is 16.1 Å². The molecule has 5 heteroatoms. The predicted octanol–water partition coefficient (Wildman–Crippen LogP) is 1.10. The minimum Gasteiger partial charge on any atom is -0.357 e. The normalized spacial score (nSPS) is 19.3. The van der Waals surface area contributed by atoms with E-state index in [1.165, 1.54) is 5.56 Å². The monoisotopic (exact) mass is 303 g/mol. The van der Waals surface area contributed by atoms with Crippen molar-refractivity contribution in [1.29, 1.82) is 0 Å². The number of benzene rings is 1. The van der Waals surface area contributed by atoms with Gasteiger partial charge in [-0.05, 0) is 5.56 Å². The first kappa shape index (κ1) is 16.5. The minimum absolute atomic E-state index is 0.0490. The number of hydrogen-bond donors (Lipinski definition) is 1. The molecular weight excluding hydrogens is 278 g/mol. The van der Waals surface area contributed by atoms with Crippen LogP contribution in [-0.4, -0.2) is 54.3 Å². The Morgan fingerprint density at radius 3 is 2.50 bits per heavy atom. The molecule has 0 unspecified atom stereocenters. The second-order valence-corrected chi connectivity index (χ2v) is 6.04. The molecule has 1 aliphatic rings. The Bertz CT molecular complexity index is 516. The summed E-state index contributed by atoms with van der Waals surface area (Å²) in [7, 11) is 1.62.